The molecule has 0 N–H and O–H groups in total. The number of rotatable bonds is 16. The van der Waals surface area contributed by atoms with Crippen molar-refractivity contribution in [1.29, 1.82) is 0 Å². The first kappa shape index (κ1) is 72.1. The van der Waals surface area contributed by atoms with Gasteiger partial charge in [0.2, 0.25) is 0 Å². The van der Waals surface area contributed by atoms with Gasteiger partial charge in [-0.25, -0.2) is 0 Å². The summed E-state index contributed by atoms with van der Waals surface area (Å²) < 4.78 is 42.6. The van der Waals surface area contributed by atoms with Gasteiger partial charge in [-0.1, -0.05) is 215 Å². The highest BCUT2D eigenvalue weighted by Gasteiger charge is 2.24. The van der Waals surface area contributed by atoms with Crippen molar-refractivity contribution in [3.63, 3.8) is 0 Å². The summed E-state index contributed by atoms with van der Waals surface area (Å²) in [5.74, 6) is 6.67. The summed E-state index contributed by atoms with van der Waals surface area (Å²) in [5, 5.41) is 14.6. The van der Waals surface area contributed by atoms with E-state index in [0.717, 1.165) is 90.5 Å². The van der Waals surface area contributed by atoms with E-state index in [2.05, 4.69) is 170 Å². The Labute approximate surface area is 634 Å². The minimum atomic E-state index is -0.750. The molecule has 104 heavy (non-hydrogen) atoms. The van der Waals surface area contributed by atoms with Crippen molar-refractivity contribution in [2.24, 2.45) is 0 Å². The Bertz CT molecular complexity index is 4590. The Morgan fingerprint density at radius 1 is 0.163 bits per heavy atom. The Morgan fingerprint density at radius 2 is 0.260 bits per heavy atom. The number of methoxy groups -OCH3 is 8. The third-order valence-corrected chi connectivity index (χ3v) is 19.0. The fourth-order valence-corrected chi connectivity index (χ4v) is 14.1. The third kappa shape index (κ3) is 14.8. The zero-order chi connectivity index (χ0) is 72.7. The minimum absolute atomic E-state index is 0.750. The van der Waals surface area contributed by atoms with Crippen LogP contribution in [0.2, 0.25) is 0 Å². The summed E-state index contributed by atoms with van der Waals surface area (Å²) in [4.78, 5) is 0. The Hall–Kier alpha value is -10.3. The molecule has 0 aromatic heterocycles. The van der Waals surface area contributed by atoms with E-state index in [0.29, 0.717) is 0 Å². The van der Waals surface area contributed by atoms with Crippen molar-refractivity contribution in [2.45, 2.75) is 8.59 Å². The van der Waals surface area contributed by atoms with Crippen LogP contribution in [0.1, 0.15) is 0 Å². The van der Waals surface area contributed by atoms with Gasteiger partial charge in [0, 0.05) is 0 Å². The zero-order valence-corrected chi connectivity index (χ0v) is 62.6. The highest BCUT2D eigenvalue weighted by molar-refractivity contribution is 6.63. The van der Waals surface area contributed by atoms with E-state index in [1.165, 1.54) is 109 Å². The molecule has 16 aromatic carbocycles. The van der Waals surface area contributed by atoms with E-state index in [1.54, 1.807) is 56.9 Å². The van der Waals surface area contributed by atoms with Gasteiger partial charge in [-0.05, 0) is 275 Å². The van der Waals surface area contributed by atoms with Gasteiger partial charge in [0.25, 0.3) is 0 Å². The van der Waals surface area contributed by atoms with Crippen LogP contribution in [0.25, 0.3) is 154 Å². The van der Waals surface area contributed by atoms with Crippen LogP contribution in [-0.2, 0) is 0 Å². The summed E-state index contributed by atoms with van der Waals surface area (Å²) >= 11 is 28.8. The van der Waals surface area contributed by atoms with E-state index < -0.39 is 8.59 Å². The van der Waals surface area contributed by atoms with E-state index in [9.17, 15) is 0 Å². The van der Waals surface area contributed by atoms with E-state index in [1.807, 2.05) is 97.1 Å². The van der Waals surface area contributed by atoms with Gasteiger partial charge < -0.3 is 37.9 Å². The van der Waals surface area contributed by atoms with Crippen LogP contribution in [0, 0.1) is 0 Å². The zero-order valence-electron chi connectivity index (χ0n) is 58.1. The topological polar surface area (TPSA) is 73.8 Å². The normalized spacial score (nSPS) is 11.2. The molecular weight excluding hydrogens is 1420 g/mol. The van der Waals surface area contributed by atoms with Crippen LogP contribution < -0.4 is 37.9 Å². The second-order valence-corrected chi connectivity index (χ2v) is 28.3. The molecule has 0 spiro atoms. The molecular formula is C90H70Cl6O8. The average Bonchev–Trinajstić information content (AvgIpc) is 0.714. The maximum Gasteiger partial charge on any atom is 0.180 e. The summed E-state index contributed by atoms with van der Waals surface area (Å²) in [5.41, 5.74) is 18.4. The molecule has 16 aromatic rings. The molecule has 0 aliphatic heterocycles. The molecule has 0 heterocycles. The van der Waals surface area contributed by atoms with Crippen LogP contribution in [0.3, 0.4) is 0 Å². The van der Waals surface area contributed by atoms with Crippen molar-refractivity contribution in [3.05, 3.63) is 267 Å². The molecule has 14 heteroatoms. The van der Waals surface area contributed by atoms with Gasteiger partial charge >= 0.3 is 0 Å². The maximum atomic E-state index is 5.51. The molecule has 16 rings (SSSR count). The molecule has 0 saturated carbocycles. The second-order valence-electron chi connectivity index (χ2n) is 24.4. The van der Waals surface area contributed by atoms with Crippen molar-refractivity contribution in [3.8, 4) is 135 Å². The molecule has 0 aliphatic carbocycles. The number of hydrogen-bond donors (Lipinski definition) is 0. The lowest BCUT2D eigenvalue weighted by Crippen LogP contribution is -1.94. The summed E-state index contributed by atoms with van der Waals surface area (Å²) in [6, 6.07) is 94.5. The van der Waals surface area contributed by atoms with Crippen LogP contribution in [0.15, 0.2) is 267 Å². The van der Waals surface area contributed by atoms with Crippen LogP contribution in [-0.4, -0.2) is 65.5 Å². The van der Waals surface area contributed by atoms with E-state index in [-0.39, 0.29) is 0 Å². The largest absolute Gasteiger partial charge is 0.497 e. The molecule has 0 atom stereocenters. The van der Waals surface area contributed by atoms with Crippen molar-refractivity contribution >= 4 is 134 Å². The molecule has 0 amide bonds. The standard InChI is InChI=1S/2C44H34O4.2CHCl3/c2*1-45-31-13-5-27(6-14-31)39-25-40(28-7-15-32(46-2)16-8-28)36-23-24-38-42(30-11-19-34(48-4)20-12-30)26-41(29-9-17-33(47-3)18-10-29)37-22-21-35(39)43(36)44(37)38;2*2-1(3)4/h2*5-26H,1-4H3;2*1H. The molecule has 0 bridgehead atoms. The smallest absolute Gasteiger partial charge is 0.180 e. The SMILES string of the molecule is COc1ccc(-c2cc(-c3ccc(OC)cc3)c3ccc4c(-c5ccc(OC)cc5)cc(-c5ccc(OC)cc5)c5ccc2c3c54)cc1.COc1ccc(-c2cc(-c3ccc(OC)cc3)c3ccc4c(-c5ccc(OC)cc5)cc(-c5ccc(OC)cc5)c5ccc2c3c54)cc1.ClC(Cl)Cl.ClC(Cl)Cl. The number of ether oxygens (including phenoxy) is 8. The molecule has 0 fully saturated rings. The van der Waals surface area contributed by atoms with Crippen LogP contribution in [0.5, 0.6) is 46.0 Å². The molecule has 0 saturated heterocycles. The number of alkyl halides is 6. The van der Waals surface area contributed by atoms with E-state index >= 15 is 0 Å². The first-order chi connectivity index (χ1) is 50.6. The number of hydrogen-bond acceptors (Lipinski definition) is 8. The van der Waals surface area contributed by atoms with Crippen molar-refractivity contribution < 1.29 is 37.9 Å². The van der Waals surface area contributed by atoms with Crippen LogP contribution in [0.4, 0.5) is 0 Å². The first-order valence-electron chi connectivity index (χ1n) is 33.2. The highest BCUT2D eigenvalue weighted by atomic mass is 35.6. The third-order valence-electron chi connectivity index (χ3n) is 19.0. The molecule has 0 radical (unpaired) electrons. The van der Waals surface area contributed by atoms with Gasteiger partial charge in [0.1, 0.15) is 46.0 Å². The maximum absolute atomic E-state index is 5.51. The van der Waals surface area contributed by atoms with Crippen molar-refractivity contribution in [1.82, 2.24) is 0 Å². The van der Waals surface area contributed by atoms with Gasteiger partial charge in [-0.3, -0.25) is 0 Å². The van der Waals surface area contributed by atoms with Gasteiger partial charge in [0.15, 0.2) is 8.59 Å². The summed E-state index contributed by atoms with van der Waals surface area (Å²) in [7, 11) is 13.6. The first-order valence-corrected chi connectivity index (χ1v) is 35.8. The molecule has 8 nitrogen and oxygen atoms in total. The minimum Gasteiger partial charge on any atom is -0.497 e. The lowest BCUT2D eigenvalue weighted by atomic mass is 9.82. The predicted molar refractivity (Wildman–Crippen MR) is 439 cm³/mol. The van der Waals surface area contributed by atoms with Crippen LogP contribution >= 0.6 is 69.6 Å². The number of benzene rings is 16. The summed E-state index contributed by atoms with van der Waals surface area (Å²) in [6.07, 6.45) is 0. The van der Waals surface area contributed by atoms with Gasteiger partial charge in [-0.15, -0.1) is 0 Å². The monoisotopic (exact) mass is 1490 g/mol. The fourth-order valence-electron chi connectivity index (χ4n) is 14.1. The Kier molecular flexibility index (Phi) is 22.3. The number of halogens is 6. The molecule has 520 valence electrons. The molecule has 0 aliphatic rings. The van der Waals surface area contributed by atoms with E-state index in [4.69, 9.17) is 108 Å². The molecule has 0 unspecified atom stereocenters. The average molecular weight is 1490 g/mol. The Balaban J connectivity index is 0.000000168. The summed E-state index contributed by atoms with van der Waals surface area (Å²) in [6.45, 7) is 0. The predicted octanol–water partition coefficient (Wildman–Crippen LogP) is 26.5. The quantitative estimate of drug-likeness (QED) is 0.0700. The van der Waals surface area contributed by atoms with Gasteiger partial charge in [0.05, 0.1) is 56.9 Å². The fraction of sp³-hybridized carbons (Fsp3) is 0.111. The highest BCUT2D eigenvalue weighted by Crippen LogP contribution is 2.52. The van der Waals surface area contributed by atoms with Gasteiger partial charge in [-0.2, -0.15) is 0 Å². The lowest BCUT2D eigenvalue weighted by molar-refractivity contribution is 0.415. The second kappa shape index (κ2) is 32.2. The van der Waals surface area contributed by atoms with Crippen molar-refractivity contribution in [2.75, 3.05) is 56.9 Å². The lowest BCUT2D eigenvalue weighted by Gasteiger charge is -2.21. The Morgan fingerprint density at radius 3 is 0.346 bits per heavy atom.